The van der Waals surface area contributed by atoms with E-state index in [4.69, 9.17) is 23.7 Å². The molecule has 0 saturated carbocycles. The monoisotopic (exact) mass is 254 g/mol. The van der Waals surface area contributed by atoms with Gasteiger partial charge in [0.15, 0.2) is 25.1 Å². The van der Waals surface area contributed by atoms with E-state index in [2.05, 4.69) is 0 Å². The van der Waals surface area contributed by atoms with E-state index in [0.29, 0.717) is 17.6 Å². The third kappa shape index (κ3) is 3.87. The molecule has 1 aliphatic rings. The van der Waals surface area contributed by atoms with Crippen LogP contribution < -0.4 is 9.47 Å². The molecule has 1 heterocycles. The van der Waals surface area contributed by atoms with Gasteiger partial charge >= 0.3 is 0 Å². The fourth-order valence-corrected chi connectivity index (χ4v) is 1.61. The van der Waals surface area contributed by atoms with Gasteiger partial charge in [0, 0.05) is 20.6 Å². The summed E-state index contributed by atoms with van der Waals surface area (Å²) in [7, 11) is 3.16. The van der Waals surface area contributed by atoms with Gasteiger partial charge in [-0.05, 0) is 17.7 Å². The molecule has 0 spiro atoms. The van der Waals surface area contributed by atoms with Crippen molar-refractivity contribution in [1.29, 1.82) is 0 Å². The van der Waals surface area contributed by atoms with Crippen molar-refractivity contribution in [3.63, 3.8) is 0 Å². The Morgan fingerprint density at radius 2 is 1.78 bits per heavy atom. The molecule has 0 aromatic heterocycles. The molecule has 0 radical (unpaired) electrons. The lowest BCUT2D eigenvalue weighted by Gasteiger charge is -2.13. The van der Waals surface area contributed by atoms with Crippen LogP contribution in [0, 0.1) is 0 Å². The number of benzene rings is 1. The van der Waals surface area contributed by atoms with E-state index in [-0.39, 0.29) is 13.6 Å². The zero-order chi connectivity index (χ0) is 12.8. The Bertz CT molecular complexity index is 376. The first-order valence-corrected chi connectivity index (χ1v) is 5.81. The first-order chi connectivity index (χ1) is 8.83. The molecule has 5 heteroatoms. The highest BCUT2D eigenvalue weighted by Gasteiger charge is 2.23. The summed E-state index contributed by atoms with van der Waals surface area (Å²) < 4.78 is 25.9. The summed E-state index contributed by atoms with van der Waals surface area (Å²) in [5.41, 5.74) is 1.16. The summed E-state index contributed by atoms with van der Waals surface area (Å²) in [5.74, 6) is 1.31. The van der Waals surface area contributed by atoms with Gasteiger partial charge in [-0.2, -0.15) is 0 Å². The van der Waals surface area contributed by atoms with Crippen LogP contribution in [0.25, 0.3) is 0 Å². The highest BCUT2D eigenvalue weighted by molar-refractivity contribution is 5.43. The third-order valence-corrected chi connectivity index (χ3v) is 2.54. The van der Waals surface area contributed by atoms with Crippen LogP contribution in [0.3, 0.4) is 0 Å². The minimum absolute atomic E-state index is 0.187. The molecule has 1 unspecified atom stereocenters. The average molecular weight is 254 g/mol. The van der Waals surface area contributed by atoms with Crippen molar-refractivity contribution in [2.45, 2.75) is 12.5 Å². The zero-order valence-corrected chi connectivity index (χ0v) is 10.7. The lowest BCUT2D eigenvalue weighted by molar-refractivity contribution is 0.0322. The molecule has 5 nitrogen and oxygen atoms in total. The second-order valence-corrected chi connectivity index (χ2v) is 4.04. The summed E-state index contributed by atoms with van der Waals surface area (Å²) >= 11 is 0. The summed E-state index contributed by atoms with van der Waals surface area (Å²) in [6.07, 6.45) is 1.25. The molecule has 0 N–H and O–H groups in total. The summed E-state index contributed by atoms with van der Waals surface area (Å²) in [6.45, 7) is 1.22. The van der Waals surface area contributed by atoms with Gasteiger partial charge in [-0.3, -0.25) is 0 Å². The number of rotatable bonds is 8. The second kappa shape index (κ2) is 6.58. The van der Waals surface area contributed by atoms with Crippen LogP contribution in [0.2, 0.25) is 0 Å². The molecule has 1 aromatic rings. The number of epoxide rings is 1. The lowest BCUT2D eigenvalue weighted by Crippen LogP contribution is -2.05. The van der Waals surface area contributed by atoms with Crippen molar-refractivity contribution in [3.8, 4) is 11.5 Å². The van der Waals surface area contributed by atoms with E-state index in [1.807, 2.05) is 18.2 Å². The molecule has 1 fully saturated rings. The quantitative estimate of drug-likeness (QED) is 0.521. The molecule has 1 aromatic carbocycles. The van der Waals surface area contributed by atoms with Gasteiger partial charge in [-0.1, -0.05) is 6.07 Å². The van der Waals surface area contributed by atoms with Crippen LogP contribution in [0.5, 0.6) is 11.5 Å². The molecule has 1 aliphatic heterocycles. The van der Waals surface area contributed by atoms with E-state index in [1.54, 1.807) is 14.2 Å². The van der Waals surface area contributed by atoms with Gasteiger partial charge in [-0.15, -0.1) is 0 Å². The van der Waals surface area contributed by atoms with Crippen LogP contribution in [0.15, 0.2) is 18.2 Å². The highest BCUT2D eigenvalue weighted by Crippen LogP contribution is 2.30. The third-order valence-electron chi connectivity index (χ3n) is 2.54. The van der Waals surface area contributed by atoms with Gasteiger partial charge in [0.05, 0.1) is 12.7 Å². The SMILES string of the molecule is COCOc1ccc(CC2CO2)cc1OCOC. The summed E-state index contributed by atoms with van der Waals surface area (Å²) in [4.78, 5) is 0. The Labute approximate surface area is 107 Å². The molecule has 0 amide bonds. The molecule has 1 saturated heterocycles. The van der Waals surface area contributed by atoms with Gasteiger partial charge < -0.3 is 23.7 Å². The van der Waals surface area contributed by atoms with Gasteiger partial charge in [0.2, 0.25) is 0 Å². The van der Waals surface area contributed by atoms with Crippen molar-refractivity contribution in [3.05, 3.63) is 23.8 Å². The highest BCUT2D eigenvalue weighted by atomic mass is 16.7. The predicted octanol–water partition coefficient (Wildman–Crippen LogP) is 1.59. The van der Waals surface area contributed by atoms with Crippen molar-refractivity contribution in [1.82, 2.24) is 0 Å². The molecular formula is C13H18O5. The van der Waals surface area contributed by atoms with Crippen LogP contribution in [0.1, 0.15) is 5.56 Å². The number of methoxy groups -OCH3 is 2. The molecule has 0 bridgehead atoms. The minimum atomic E-state index is 0.187. The number of hydrogen-bond acceptors (Lipinski definition) is 5. The first-order valence-electron chi connectivity index (χ1n) is 5.81. The Kier molecular flexibility index (Phi) is 4.81. The Hall–Kier alpha value is -1.30. The molecule has 2 rings (SSSR count). The summed E-state index contributed by atoms with van der Waals surface area (Å²) in [5, 5.41) is 0. The molecule has 0 aliphatic carbocycles. The zero-order valence-electron chi connectivity index (χ0n) is 10.7. The second-order valence-electron chi connectivity index (χ2n) is 4.04. The molecule has 100 valence electrons. The molecular weight excluding hydrogens is 236 g/mol. The van der Waals surface area contributed by atoms with Gasteiger partial charge in [-0.25, -0.2) is 0 Å². The average Bonchev–Trinajstić information content (AvgIpc) is 3.19. The van der Waals surface area contributed by atoms with Crippen LogP contribution in [0.4, 0.5) is 0 Å². The maximum absolute atomic E-state index is 5.48. The van der Waals surface area contributed by atoms with Crippen LogP contribution >= 0.6 is 0 Å². The largest absolute Gasteiger partial charge is 0.464 e. The topological polar surface area (TPSA) is 49.5 Å². The number of hydrogen-bond donors (Lipinski definition) is 0. The van der Waals surface area contributed by atoms with E-state index in [1.165, 1.54) is 0 Å². The fourth-order valence-electron chi connectivity index (χ4n) is 1.61. The van der Waals surface area contributed by atoms with E-state index < -0.39 is 0 Å². The molecule has 1 atom stereocenters. The summed E-state index contributed by atoms with van der Waals surface area (Å²) in [6, 6.07) is 5.83. The van der Waals surface area contributed by atoms with Crippen molar-refractivity contribution in [2.24, 2.45) is 0 Å². The minimum Gasteiger partial charge on any atom is -0.464 e. The normalized spacial score (nSPS) is 17.6. The Morgan fingerprint density at radius 3 is 2.39 bits per heavy atom. The Balaban J connectivity index is 2.05. The maximum atomic E-state index is 5.48. The van der Waals surface area contributed by atoms with Crippen molar-refractivity contribution >= 4 is 0 Å². The van der Waals surface area contributed by atoms with Crippen molar-refractivity contribution < 1.29 is 23.7 Å². The Morgan fingerprint density at radius 1 is 1.11 bits per heavy atom. The van der Waals surface area contributed by atoms with E-state index in [0.717, 1.165) is 18.6 Å². The van der Waals surface area contributed by atoms with Gasteiger partial charge in [0.25, 0.3) is 0 Å². The lowest BCUT2D eigenvalue weighted by atomic mass is 10.1. The number of ether oxygens (including phenoxy) is 5. The standard InChI is InChI=1S/C13H18O5/c1-14-8-17-12-4-3-10(5-11-7-16-11)6-13(12)18-9-15-2/h3-4,6,11H,5,7-9H2,1-2H3. The fraction of sp³-hybridized carbons (Fsp3) is 0.538. The van der Waals surface area contributed by atoms with Crippen molar-refractivity contribution in [2.75, 3.05) is 34.4 Å². The van der Waals surface area contributed by atoms with E-state index >= 15 is 0 Å². The van der Waals surface area contributed by atoms with Gasteiger partial charge in [0.1, 0.15) is 0 Å². The predicted molar refractivity (Wildman–Crippen MR) is 64.9 cm³/mol. The van der Waals surface area contributed by atoms with Crippen LogP contribution in [-0.4, -0.2) is 40.5 Å². The maximum Gasteiger partial charge on any atom is 0.188 e. The van der Waals surface area contributed by atoms with Crippen LogP contribution in [-0.2, 0) is 20.6 Å². The molecule has 18 heavy (non-hydrogen) atoms. The van der Waals surface area contributed by atoms with E-state index in [9.17, 15) is 0 Å². The first kappa shape index (κ1) is 13.1. The smallest absolute Gasteiger partial charge is 0.188 e.